The molecule has 0 aromatic carbocycles. The SMILES string of the molecule is CN=C(NCCc1ccc(Br)s1)NCCc1nc(C(F)(F)F)cs1. The van der Waals surface area contributed by atoms with Gasteiger partial charge in [-0.1, -0.05) is 0 Å². The van der Waals surface area contributed by atoms with Crippen molar-refractivity contribution in [3.05, 3.63) is 36.9 Å². The minimum Gasteiger partial charge on any atom is -0.356 e. The molecule has 0 atom stereocenters. The van der Waals surface area contributed by atoms with Crippen LogP contribution in [0.25, 0.3) is 0 Å². The summed E-state index contributed by atoms with van der Waals surface area (Å²) in [5, 5.41) is 7.75. The van der Waals surface area contributed by atoms with Crippen LogP contribution < -0.4 is 10.6 Å². The molecule has 0 spiro atoms. The first kappa shape index (κ1) is 19.2. The number of guanidine groups is 1. The van der Waals surface area contributed by atoms with Crippen molar-refractivity contribution < 1.29 is 13.2 Å². The molecule has 2 aromatic rings. The zero-order chi connectivity index (χ0) is 17.6. The molecule has 24 heavy (non-hydrogen) atoms. The fourth-order valence-corrected chi connectivity index (χ4v) is 4.14. The molecule has 0 aliphatic heterocycles. The predicted molar refractivity (Wildman–Crippen MR) is 95.9 cm³/mol. The van der Waals surface area contributed by atoms with Crippen LogP contribution in [0.5, 0.6) is 0 Å². The number of nitrogens with one attached hydrogen (secondary N) is 2. The Labute approximate surface area is 154 Å². The van der Waals surface area contributed by atoms with Crippen LogP contribution >= 0.6 is 38.6 Å². The van der Waals surface area contributed by atoms with Crippen LogP contribution in [-0.2, 0) is 19.0 Å². The van der Waals surface area contributed by atoms with Gasteiger partial charge in [0.25, 0.3) is 0 Å². The van der Waals surface area contributed by atoms with Gasteiger partial charge in [0.15, 0.2) is 11.7 Å². The van der Waals surface area contributed by atoms with E-state index >= 15 is 0 Å². The van der Waals surface area contributed by atoms with Gasteiger partial charge < -0.3 is 10.6 Å². The summed E-state index contributed by atoms with van der Waals surface area (Å²) in [6, 6.07) is 4.07. The van der Waals surface area contributed by atoms with Gasteiger partial charge in [0.1, 0.15) is 0 Å². The van der Waals surface area contributed by atoms with E-state index in [2.05, 4.69) is 42.6 Å². The van der Waals surface area contributed by atoms with E-state index in [1.165, 1.54) is 4.88 Å². The number of alkyl halides is 3. The van der Waals surface area contributed by atoms with Gasteiger partial charge in [-0.15, -0.1) is 22.7 Å². The van der Waals surface area contributed by atoms with Gasteiger partial charge in [0.05, 0.1) is 8.79 Å². The molecule has 0 aliphatic rings. The summed E-state index contributed by atoms with van der Waals surface area (Å²) in [6.07, 6.45) is -3.09. The molecular weight excluding hydrogens is 425 g/mol. The zero-order valence-electron chi connectivity index (χ0n) is 12.8. The van der Waals surface area contributed by atoms with Crippen molar-refractivity contribution in [3.8, 4) is 0 Å². The summed E-state index contributed by atoms with van der Waals surface area (Å²) in [7, 11) is 1.65. The lowest BCUT2D eigenvalue weighted by Gasteiger charge is -2.10. The summed E-state index contributed by atoms with van der Waals surface area (Å²) in [5.41, 5.74) is -0.827. The number of hydrogen-bond acceptors (Lipinski definition) is 4. The van der Waals surface area contributed by atoms with Crippen molar-refractivity contribution in [3.63, 3.8) is 0 Å². The quantitative estimate of drug-likeness (QED) is 0.528. The average molecular weight is 441 g/mol. The molecule has 0 amide bonds. The van der Waals surface area contributed by atoms with Crippen LogP contribution in [0.4, 0.5) is 13.2 Å². The molecule has 0 bridgehead atoms. The predicted octanol–water partition coefficient (Wildman–Crippen LogP) is 3.94. The lowest BCUT2D eigenvalue weighted by Crippen LogP contribution is -2.39. The van der Waals surface area contributed by atoms with Crippen molar-refractivity contribution in [1.29, 1.82) is 0 Å². The smallest absolute Gasteiger partial charge is 0.356 e. The van der Waals surface area contributed by atoms with Crippen LogP contribution in [0.3, 0.4) is 0 Å². The molecule has 10 heteroatoms. The minimum atomic E-state index is -4.38. The van der Waals surface area contributed by atoms with E-state index in [-0.39, 0.29) is 0 Å². The minimum absolute atomic E-state index is 0.416. The van der Waals surface area contributed by atoms with E-state index in [9.17, 15) is 13.2 Å². The first-order chi connectivity index (χ1) is 11.4. The second-order valence-electron chi connectivity index (χ2n) is 4.76. The Morgan fingerprint density at radius 1 is 1.25 bits per heavy atom. The van der Waals surface area contributed by atoms with Crippen LogP contribution in [0.1, 0.15) is 15.6 Å². The van der Waals surface area contributed by atoms with Gasteiger partial charge in [0.2, 0.25) is 0 Å². The van der Waals surface area contributed by atoms with E-state index in [4.69, 9.17) is 0 Å². The third-order valence-electron chi connectivity index (χ3n) is 2.99. The highest BCUT2D eigenvalue weighted by Crippen LogP contribution is 2.30. The summed E-state index contributed by atoms with van der Waals surface area (Å²) in [6.45, 7) is 1.19. The number of thiophene rings is 1. The number of aromatic nitrogens is 1. The summed E-state index contributed by atoms with van der Waals surface area (Å²) in [4.78, 5) is 8.95. The number of rotatable bonds is 6. The monoisotopic (exact) mass is 440 g/mol. The first-order valence-electron chi connectivity index (χ1n) is 7.09. The number of halogens is 4. The Kier molecular flexibility index (Phi) is 7.05. The molecule has 2 heterocycles. The van der Waals surface area contributed by atoms with Crippen LogP contribution in [0, 0.1) is 0 Å². The number of hydrogen-bond donors (Lipinski definition) is 2. The largest absolute Gasteiger partial charge is 0.434 e. The summed E-state index contributed by atoms with van der Waals surface area (Å²) < 4.78 is 38.6. The second kappa shape index (κ2) is 8.82. The van der Waals surface area contributed by atoms with Crippen molar-refractivity contribution in [1.82, 2.24) is 15.6 Å². The second-order valence-corrected chi connectivity index (χ2v) is 8.25. The fraction of sp³-hybridized carbons (Fsp3) is 0.429. The van der Waals surface area contributed by atoms with Crippen molar-refractivity contribution >= 4 is 44.6 Å². The Balaban J connectivity index is 1.70. The maximum Gasteiger partial charge on any atom is 0.434 e. The number of nitrogens with zero attached hydrogens (tertiary/aromatic N) is 2. The molecule has 2 rings (SSSR count). The molecule has 0 saturated heterocycles. The van der Waals surface area contributed by atoms with Crippen LogP contribution in [0.15, 0.2) is 26.3 Å². The Morgan fingerprint density at radius 2 is 1.96 bits per heavy atom. The molecule has 0 aliphatic carbocycles. The van der Waals surface area contributed by atoms with Gasteiger partial charge >= 0.3 is 6.18 Å². The van der Waals surface area contributed by atoms with Gasteiger partial charge in [-0.25, -0.2) is 4.98 Å². The molecule has 0 fully saturated rings. The van der Waals surface area contributed by atoms with Gasteiger partial charge in [-0.3, -0.25) is 4.99 Å². The highest BCUT2D eigenvalue weighted by Gasteiger charge is 2.33. The van der Waals surface area contributed by atoms with Gasteiger partial charge in [-0.2, -0.15) is 13.2 Å². The molecule has 132 valence electrons. The molecule has 0 saturated carbocycles. The maximum absolute atomic E-state index is 12.5. The number of aliphatic imine (C=N–C) groups is 1. The van der Waals surface area contributed by atoms with E-state index in [1.54, 1.807) is 18.4 Å². The van der Waals surface area contributed by atoms with Crippen LogP contribution in [-0.4, -0.2) is 31.1 Å². The lowest BCUT2D eigenvalue weighted by molar-refractivity contribution is -0.140. The Morgan fingerprint density at radius 3 is 2.50 bits per heavy atom. The molecule has 2 aromatic heterocycles. The molecule has 0 unspecified atom stereocenters. The summed E-state index contributed by atoms with van der Waals surface area (Å²) >= 11 is 6.13. The number of thiazole rings is 1. The van der Waals surface area contributed by atoms with Gasteiger partial charge in [0, 0.05) is 36.8 Å². The Hall–Kier alpha value is -1.13. The van der Waals surface area contributed by atoms with Gasteiger partial charge in [-0.05, 0) is 34.5 Å². The molecule has 4 nitrogen and oxygen atoms in total. The molecule has 2 N–H and O–H groups in total. The standard InChI is InChI=1S/C14H16BrF3N4S2/c1-19-13(20-6-4-9-2-3-11(15)24-9)21-7-5-12-22-10(8-23-12)14(16,17)18/h2-3,8H,4-7H2,1H3,(H2,19,20,21). The third-order valence-corrected chi connectivity index (χ3v) is 5.58. The maximum atomic E-state index is 12.5. The van der Waals surface area contributed by atoms with E-state index < -0.39 is 11.9 Å². The van der Waals surface area contributed by atoms with Crippen molar-refractivity contribution in [2.24, 2.45) is 4.99 Å². The summed E-state index contributed by atoms with van der Waals surface area (Å²) in [5.74, 6) is 0.623. The molecule has 0 radical (unpaired) electrons. The lowest BCUT2D eigenvalue weighted by atomic mass is 10.3. The zero-order valence-corrected chi connectivity index (χ0v) is 16.0. The highest BCUT2D eigenvalue weighted by atomic mass is 79.9. The highest BCUT2D eigenvalue weighted by molar-refractivity contribution is 9.11. The first-order valence-corrected chi connectivity index (χ1v) is 9.57. The van der Waals surface area contributed by atoms with Crippen molar-refractivity contribution in [2.75, 3.05) is 20.1 Å². The van der Waals surface area contributed by atoms with E-state index in [0.717, 1.165) is 33.5 Å². The Bertz CT molecular complexity index is 682. The van der Waals surface area contributed by atoms with E-state index in [0.29, 0.717) is 23.9 Å². The van der Waals surface area contributed by atoms with Crippen LogP contribution in [0.2, 0.25) is 0 Å². The normalized spacial score (nSPS) is 12.5. The topological polar surface area (TPSA) is 49.3 Å². The van der Waals surface area contributed by atoms with E-state index in [1.807, 2.05) is 6.07 Å². The van der Waals surface area contributed by atoms with Crippen molar-refractivity contribution in [2.45, 2.75) is 19.0 Å². The fourth-order valence-electron chi connectivity index (χ4n) is 1.85. The third kappa shape index (κ3) is 6.06. The molecular formula is C14H16BrF3N4S2. The average Bonchev–Trinajstić information content (AvgIpc) is 3.14.